The minimum atomic E-state index is 0.609. The highest BCUT2D eigenvalue weighted by Gasteiger charge is 2.19. The van der Waals surface area contributed by atoms with Crippen LogP contribution < -0.4 is 10.5 Å². The van der Waals surface area contributed by atoms with E-state index in [1.165, 1.54) is 5.56 Å². The summed E-state index contributed by atoms with van der Waals surface area (Å²) in [7, 11) is 1.65. The number of ether oxygens (including phenoxy) is 1. The average molecular weight is 379 g/mol. The number of methoxy groups -OCH3 is 1. The first kappa shape index (κ1) is 18.5. The molecule has 1 aliphatic heterocycles. The number of aromatic nitrogens is 2. The van der Waals surface area contributed by atoms with Crippen LogP contribution in [0.4, 0.5) is 5.69 Å². The van der Waals surface area contributed by atoms with Crippen molar-refractivity contribution in [1.82, 2.24) is 19.9 Å². The van der Waals surface area contributed by atoms with Crippen LogP contribution in [0.15, 0.2) is 53.1 Å². The molecule has 1 fully saturated rings. The maximum atomic E-state index is 5.87. The van der Waals surface area contributed by atoms with E-state index in [1.54, 1.807) is 7.11 Å². The summed E-state index contributed by atoms with van der Waals surface area (Å²) in [5.41, 5.74) is 8.87. The molecule has 0 aliphatic carbocycles. The summed E-state index contributed by atoms with van der Waals surface area (Å²) in [4.78, 5) is 9.33. The minimum Gasteiger partial charge on any atom is -0.497 e. The molecule has 0 radical (unpaired) electrons. The second kappa shape index (κ2) is 8.41. The summed E-state index contributed by atoms with van der Waals surface area (Å²) >= 11 is 0. The van der Waals surface area contributed by atoms with Crippen molar-refractivity contribution in [2.75, 3.05) is 39.0 Å². The van der Waals surface area contributed by atoms with Crippen LogP contribution >= 0.6 is 0 Å². The molecule has 2 N–H and O–H groups in total. The van der Waals surface area contributed by atoms with E-state index in [-0.39, 0.29) is 0 Å². The van der Waals surface area contributed by atoms with Crippen LogP contribution in [-0.4, -0.2) is 53.2 Å². The van der Waals surface area contributed by atoms with Crippen molar-refractivity contribution in [3.05, 3.63) is 60.0 Å². The lowest BCUT2D eigenvalue weighted by Crippen LogP contribution is -2.45. The van der Waals surface area contributed by atoms with E-state index in [0.29, 0.717) is 18.3 Å². The first-order valence-corrected chi connectivity index (χ1v) is 9.46. The van der Waals surface area contributed by atoms with Crippen molar-refractivity contribution >= 4 is 5.69 Å². The van der Waals surface area contributed by atoms with Crippen LogP contribution in [0.1, 0.15) is 11.5 Å². The molecule has 1 aromatic heterocycles. The molecule has 28 heavy (non-hydrogen) atoms. The van der Waals surface area contributed by atoms with Gasteiger partial charge in [-0.05, 0) is 42.0 Å². The average Bonchev–Trinajstić information content (AvgIpc) is 3.18. The first-order chi connectivity index (χ1) is 13.7. The number of hydrogen-bond donors (Lipinski definition) is 1. The summed E-state index contributed by atoms with van der Waals surface area (Å²) in [6.07, 6.45) is 0. The summed E-state index contributed by atoms with van der Waals surface area (Å²) in [6.45, 7) is 5.57. The van der Waals surface area contributed by atoms with E-state index in [4.69, 9.17) is 15.0 Å². The Bertz CT molecular complexity index is 901. The lowest BCUT2D eigenvalue weighted by molar-refractivity contribution is 0.112. The van der Waals surface area contributed by atoms with Crippen LogP contribution in [-0.2, 0) is 13.1 Å². The van der Waals surface area contributed by atoms with E-state index in [1.807, 2.05) is 42.5 Å². The fraction of sp³-hybridized carbons (Fsp3) is 0.333. The molecule has 0 unspecified atom stereocenters. The van der Waals surface area contributed by atoms with Crippen LogP contribution in [0, 0.1) is 0 Å². The van der Waals surface area contributed by atoms with Gasteiger partial charge in [-0.15, -0.1) is 0 Å². The summed E-state index contributed by atoms with van der Waals surface area (Å²) in [6, 6.07) is 15.8. The molecule has 0 atom stereocenters. The Kier molecular flexibility index (Phi) is 5.55. The molecule has 2 aromatic carbocycles. The summed E-state index contributed by atoms with van der Waals surface area (Å²) < 4.78 is 10.6. The Labute approximate surface area is 164 Å². The van der Waals surface area contributed by atoms with Crippen molar-refractivity contribution in [2.24, 2.45) is 0 Å². The second-order valence-electron chi connectivity index (χ2n) is 7.04. The molecular formula is C21H25N5O2. The fourth-order valence-electron chi connectivity index (χ4n) is 3.42. The predicted octanol–water partition coefficient (Wildman–Crippen LogP) is 2.65. The molecule has 1 aliphatic rings. The van der Waals surface area contributed by atoms with E-state index < -0.39 is 0 Å². The van der Waals surface area contributed by atoms with E-state index in [2.05, 4.69) is 26.0 Å². The second-order valence-corrected chi connectivity index (χ2v) is 7.04. The van der Waals surface area contributed by atoms with Gasteiger partial charge in [0.1, 0.15) is 5.75 Å². The fourth-order valence-corrected chi connectivity index (χ4v) is 3.42. The maximum Gasteiger partial charge on any atom is 0.241 e. The van der Waals surface area contributed by atoms with Gasteiger partial charge in [-0.1, -0.05) is 17.3 Å². The van der Waals surface area contributed by atoms with Crippen LogP contribution in [0.25, 0.3) is 11.4 Å². The molecule has 0 bridgehead atoms. The van der Waals surface area contributed by atoms with E-state index in [0.717, 1.165) is 49.7 Å². The van der Waals surface area contributed by atoms with Gasteiger partial charge in [0.15, 0.2) is 0 Å². The molecule has 1 saturated heterocycles. The summed E-state index contributed by atoms with van der Waals surface area (Å²) in [5.74, 6) is 2.07. The molecule has 7 nitrogen and oxygen atoms in total. The Hall–Kier alpha value is -2.90. The van der Waals surface area contributed by atoms with Gasteiger partial charge in [0.25, 0.3) is 0 Å². The van der Waals surface area contributed by atoms with E-state index >= 15 is 0 Å². The number of anilines is 1. The smallest absolute Gasteiger partial charge is 0.241 e. The van der Waals surface area contributed by atoms with E-state index in [9.17, 15) is 0 Å². The Morgan fingerprint density at radius 3 is 2.39 bits per heavy atom. The number of benzene rings is 2. The van der Waals surface area contributed by atoms with Gasteiger partial charge in [0.05, 0.1) is 13.7 Å². The molecule has 7 heteroatoms. The SMILES string of the molecule is COc1ccc(-c2noc(CN3CCN(Cc4cccc(N)c4)CC3)n2)cc1. The zero-order valence-corrected chi connectivity index (χ0v) is 16.0. The van der Waals surface area contributed by atoms with Gasteiger partial charge in [-0.3, -0.25) is 9.80 Å². The standard InChI is InChI=1S/C21H25N5O2/c1-27-19-7-5-17(6-8-19)21-23-20(28-24-21)15-26-11-9-25(10-12-26)14-16-3-2-4-18(22)13-16/h2-8,13H,9-12,14-15,22H2,1H3. The van der Waals surface area contributed by atoms with Crippen molar-refractivity contribution in [3.63, 3.8) is 0 Å². The Balaban J connectivity index is 1.29. The van der Waals surface area contributed by atoms with Gasteiger partial charge in [-0.2, -0.15) is 4.98 Å². The molecule has 0 saturated carbocycles. The van der Waals surface area contributed by atoms with Gasteiger partial charge in [-0.25, -0.2) is 0 Å². The Morgan fingerprint density at radius 2 is 1.71 bits per heavy atom. The van der Waals surface area contributed by atoms with Crippen molar-refractivity contribution in [3.8, 4) is 17.1 Å². The number of nitrogen functional groups attached to an aromatic ring is 1. The zero-order valence-electron chi connectivity index (χ0n) is 16.0. The molecule has 0 spiro atoms. The van der Waals surface area contributed by atoms with Crippen molar-refractivity contribution in [1.29, 1.82) is 0 Å². The predicted molar refractivity (Wildman–Crippen MR) is 108 cm³/mol. The quantitative estimate of drug-likeness (QED) is 0.660. The van der Waals surface area contributed by atoms with Crippen molar-refractivity contribution < 1.29 is 9.26 Å². The van der Waals surface area contributed by atoms with Gasteiger partial charge < -0.3 is 15.0 Å². The first-order valence-electron chi connectivity index (χ1n) is 9.46. The van der Waals surface area contributed by atoms with Crippen molar-refractivity contribution in [2.45, 2.75) is 13.1 Å². The number of nitrogens with two attached hydrogens (primary N) is 1. The largest absolute Gasteiger partial charge is 0.497 e. The topological polar surface area (TPSA) is 80.7 Å². The number of piperazine rings is 1. The molecule has 2 heterocycles. The monoisotopic (exact) mass is 379 g/mol. The number of rotatable bonds is 6. The normalized spacial score (nSPS) is 15.6. The molecular weight excluding hydrogens is 354 g/mol. The lowest BCUT2D eigenvalue weighted by atomic mass is 10.2. The lowest BCUT2D eigenvalue weighted by Gasteiger charge is -2.33. The third-order valence-electron chi connectivity index (χ3n) is 5.00. The zero-order chi connectivity index (χ0) is 19.3. The third kappa shape index (κ3) is 4.49. The molecule has 0 amide bonds. The summed E-state index contributed by atoms with van der Waals surface area (Å²) in [5, 5.41) is 4.11. The Morgan fingerprint density at radius 1 is 1.00 bits per heavy atom. The van der Waals surface area contributed by atoms with Gasteiger partial charge in [0, 0.05) is 44.0 Å². The number of hydrogen-bond acceptors (Lipinski definition) is 7. The minimum absolute atomic E-state index is 0.609. The molecule has 146 valence electrons. The maximum absolute atomic E-state index is 5.87. The van der Waals surface area contributed by atoms with Crippen LogP contribution in [0.3, 0.4) is 0 Å². The van der Waals surface area contributed by atoms with Gasteiger partial charge in [0.2, 0.25) is 11.7 Å². The number of nitrogens with zero attached hydrogens (tertiary/aromatic N) is 4. The van der Waals surface area contributed by atoms with Crippen LogP contribution in [0.2, 0.25) is 0 Å². The highest BCUT2D eigenvalue weighted by Crippen LogP contribution is 2.20. The molecule has 3 aromatic rings. The third-order valence-corrected chi connectivity index (χ3v) is 5.00. The van der Waals surface area contributed by atoms with Crippen LogP contribution in [0.5, 0.6) is 5.75 Å². The highest BCUT2D eigenvalue weighted by atomic mass is 16.5. The van der Waals surface area contributed by atoms with Gasteiger partial charge >= 0.3 is 0 Å². The highest BCUT2D eigenvalue weighted by molar-refractivity contribution is 5.55. The molecule has 4 rings (SSSR count).